The molecule has 0 aromatic heterocycles. The van der Waals surface area contributed by atoms with E-state index in [-0.39, 0.29) is 18.3 Å². The lowest BCUT2D eigenvalue weighted by Gasteiger charge is -2.09. The number of amides is 1. The van der Waals surface area contributed by atoms with Crippen molar-refractivity contribution in [3.8, 4) is 5.75 Å². The highest BCUT2D eigenvalue weighted by atomic mass is 16.5. The van der Waals surface area contributed by atoms with E-state index in [1.807, 2.05) is 73.7 Å². The number of nitrogens with one attached hydrogen (secondary N) is 1. The van der Waals surface area contributed by atoms with Crippen LogP contribution in [0.5, 0.6) is 5.75 Å². The van der Waals surface area contributed by atoms with Gasteiger partial charge in [-0.2, -0.15) is 0 Å². The molecule has 0 aliphatic carbocycles. The van der Waals surface area contributed by atoms with Crippen LogP contribution in [0.3, 0.4) is 0 Å². The van der Waals surface area contributed by atoms with Gasteiger partial charge in [-0.05, 0) is 59.7 Å². The molecule has 0 saturated carbocycles. The molecule has 0 unspecified atom stereocenters. The third-order valence-electron chi connectivity index (χ3n) is 4.87. The van der Waals surface area contributed by atoms with Crippen LogP contribution in [0.4, 0.5) is 5.69 Å². The first kappa shape index (κ1) is 19.4. The molecule has 1 N–H and O–H groups in total. The summed E-state index contributed by atoms with van der Waals surface area (Å²) in [6, 6.07) is 28.0. The average Bonchev–Trinajstić information content (AvgIpc) is 2.76. The second-order valence-electron chi connectivity index (χ2n) is 7.13. The molecule has 4 aromatic carbocycles. The second kappa shape index (κ2) is 8.62. The normalized spacial score (nSPS) is 10.6. The molecule has 0 aliphatic heterocycles. The van der Waals surface area contributed by atoms with E-state index in [0.29, 0.717) is 11.3 Å². The SMILES string of the molecule is Cc1ccc(NC(=O)c2ccc(OC(=O)Cc3cccc4ccccc34)cc2)cc1. The van der Waals surface area contributed by atoms with Gasteiger partial charge in [-0.25, -0.2) is 0 Å². The fourth-order valence-corrected chi connectivity index (χ4v) is 3.28. The van der Waals surface area contributed by atoms with Crippen molar-refractivity contribution < 1.29 is 14.3 Å². The largest absolute Gasteiger partial charge is 0.426 e. The first-order chi connectivity index (χ1) is 14.6. The molecule has 0 fully saturated rings. The quantitative estimate of drug-likeness (QED) is 0.356. The molecule has 0 saturated heterocycles. The van der Waals surface area contributed by atoms with Crippen LogP contribution in [-0.2, 0) is 11.2 Å². The van der Waals surface area contributed by atoms with Gasteiger partial charge in [-0.15, -0.1) is 0 Å². The molecular formula is C26H21NO3. The van der Waals surface area contributed by atoms with E-state index in [0.717, 1.165) is 27.6 Å². The van der Waals surface area contributed by atoms with E-state index in [1.54, 1.807) is 24.3 Å². The maximum absolute atomic E-state index is 12.4. The van der Waals surface area contributed by atoms with Crippen LogP contribution in [0.25, 0.3) is 10.8 Å². The third kappa shape index (κ3) is 4.55. The number of carbonyl (C=O) groups excluding carboxylic acids is 2. The molecule has 0 radical (unpaired) electrons. The summed E-state index contributed by atoms with van der Waals surface area (Å²) in [5.74, 6) is -0.150. The Balaban J connectivity index is 1.39. The second-order valence-corrected chi connectivity index (χ2v) is 7.13. The first-order valence-electron chi connectivity index (χ1n) is 9.74. The minimum absolute atomic E-state index is 0.178. The number of esters is 1. The predicted octanol–water partition coefficient (Wildman–Crippen LogP) is 5.55. The highest BCUT2D eigenvalue weighted by Gasteiger charge is 2.11. The lowest BCUT2D eigenvalue weighted by molar-refractivity contribution is -0.133. The van der Waals surface area contributed by atoms with E-state index in [9.17, 15) is 9.59 Å². The lowest BCUT2D eigenvalue weighted by Crippen LogP contribution is -2.13. The molecule has 0 atom stereocenters. The van der Waals surface area contributed by atoms with Crippen molar-refractivity contribution in [3.63, 3.8) is 0 Å². The highest BCUT2D eigenvalue weighted by Crippen LogP contribution is 2.20. The predicted molar refractivity (Wildman–Crippen MR) is 119 cm³/mol. The number of benzene rings is 4. The van der Waals surface area contributed by atoms with Gasteiger partial charge in [0, 0.05) is 11.3 Å². The Labute approximate surface area is 175 Å². The van der Waals surface area contributed by atoms with Gasteiger partial charge < -0.3 is 10.1 Å². The molecule has 4 aromatic rings. The van der Waals surface area contributed by atoms with Crippen molar-refractivity contribution in [3.05, 3.63) is 108 Å². The molecule has 0 heterocycles. The molecular weight excluding hydrogens is 374 g/mol. The standard InChI is InChI=1S/C26H21NO3/c1-18-9-13-22(14-10-18)27-26(29)20-11-15-23(16-12-20)30-25(28)17-21-7-4-6-19-5-2-3-8-24(19)21/h2-16H,17H2,1H3,(H,27,29). The van der Waals surface area contributed by atoms with E-state index in [4.69, 9.17) is 4.74 Å². The fourth-order valence-electron chi connectivity index (χ4n) is 3.28. The van der Waals surface area contributed by atoms with E-state index in [2.05, 4.69) is 5.32 Å². The summed E-state index contributed by atoms with van der Waals surface area (Å²) in [4.78, 5) is 24.8. The van der Waals surface area contributed by atoms with Crippen LogP contribution in [0.15, 0.2) is 91.0 Å². The van der Waals surface area contributed by atoms with E-state index in [1.165, 1.54) is 0 Å². The molecule has 4 rings (SSSR count). The molecule has 4 heteroatoms. The molecule has 148 valence electrons. The molecule has 0 bridgehead atoms. The zero-order valence-electron chi connectivity index (χ0n) is 16.6. The Morgan fingerprint density at radius 2 is 1.50 bits per heavy atom. The lowest BCUT2D eigenvalue weighted by atomic mass is 10.0. The highest BCUT2D eigenvalue weighted by molar-refractivity contribution is 6.04. The molecule has 0 spiro atoms. The number of hydrogen-bond acceptors (Lipinski definition) is 3. The number of anilines is 1. The third-order valence-corrected chi connectivity index (χ3v) is 4.87. The summed E-state index contributed by atoms with van der Waals surface area (Å²) in [5.41, 5.74) is 3.27. The van der Waals surface area contributed by atoms with Crippen LogP contribution in [0.2, 0.25) is 0 Å². The van der Waals surface area contributed by atoms with Gasteiger partial charge in [-0.1, -0.05) is 60.2 Å². The topological polar surface area (TPSA) is 55.4 Å². The van der Waals surface area contributed by atoms with Crippen LogP contribution < -0.4 is 10.1 Å². The molecule has 0 aliphatic rings. The number of carbonyl (C=O) groups is 2. The summed E-state index contributed by atoms with van der Waals surface area (Å²) in [7, 11) is 0. The van der Waals surface area contributed by atoms with Crippen LogP contribution >= 0.6 is 0 Å². The number of ether oxygens (including phenoxy) is 1. The summed E-state index contributed by atoms with van der Waals surface area (Å²) in [5, 5.41) is 4.98. The number of rotatable bonds is 5. The Bertz CT molecular complexity index is 1190. The Kier molecular flexibility index (Phi) is 5.57. The van der Waals surface area contributed by atoms with Gasteiger partial charge in [-0.3, -0.25) is 9.59 Å². The maximum atomic E-state index is 12.4. The van der Waals surface area contributed by atoms with Crippen molar-refractivity contribution >= 4 is 28.3 Å². The summed E-state index contributed by atoms with van der Waals surface area (Å²) in [6.07, 6.45) is 0.178. The smallest absolute Gasteiger partial charge is 0.315 e. The van der Waals surface area contributed by atoms with Crippen molar-refractivity contribution in [2.24, 2.45) is 0 Å². The van der Waals surface area contributed by atoms with Gasteiger partial charge in [0.2, 0.25) is 0 Å². The van der Waals surface area contributed by atoms with Crippen LogP contribution in [-0.4, -0.2) is 11.9 Å². The van der Waals surface area contributed by atoms with Gasteiger partial charge in [0.05, 0.1) is 6.42 Å². The molecule has 4 nitrogen and oxygen atoms in total. The van der Waals surface area contributed by atoms with Crippen molar-refractivity contribution in [1.29, 1.82) is 0 Å². The first-order valence-corrected chi connectivity index (χ1v) is 9.74. The zero-order chi connectivity index (χ0) is 20.9. The summed E-state index contributed by atoms with van der Waals surface area (Å²) >= 11 is 0. The minimum Gasteiger partial charge on any atom is -0.426 e. The van der Waals surface area contributed by atoms with Crippen molar-refractivity contribution in [2.45, 2.75) is 13.3 Å². The summed E-state index contributed by atoms with van der Waals surface area (Å²) < 4.78 is 5.46. The van der Waals surface area contributed by atoms with Gasteiger partial charge in [0.15, 0.2) is 0 Å². The van der Waals surface area contributed by atoms with Crippen molar-refractivity contribution in [2.75, 3.05) is 5.32 Å². The Morgan fingerprint density at radius 1 is 0.800 bits per heavy atom. The fraction of sp³-hybridized carbons (Fsp3) is 0.0769. The number of fused-ring (bicyclic) bond motifs is 1. The van der Waals surface area contributed by atoms with Crippen LogP contribution in [0.1, 0.15) is 21.5 Å². The van der Waals surface area contributed by atoms with E-state index < -0.39 is 0 Å². The zero-order valence-corrected chi connectivity index (χ0v) is 16.6. The van der Waals surface area contributed by atoms with Gasteiger partial charge in [0.25, 0.3) is 5.91 Å². The molecule has 1 amide bonds. The summed E-state index contributed by atoms with van der Waals surface area (Å²) in [6.45, 7) is 1.99. The number of aryl methyl sites for hydroxylation is 1. The Morgan fingerprint density at radius 3 is 2.27 bits per heavy atom. The van der Waals surface area contributed by atoms with Gasteiger partial charge >= 0.3 is 5.97 Å². The van der Waals surface area contributed by atoms with Crippen molar-refractivity contribution in [1.82, 2.24) is 0 Å². The van der Waals surface area contributed by atoms with E-state index >= 15 is 0 Å². The Hall–Kier alpha value is -3.92. The minimum atomic E-state index is -0.344. The number of hydrogen-bond donors (Lipinski definition) is 1. The van der Waals surface area contributed by atoms with Crippen LogP contribution in [0, 0.1) is 6.92 Å². The maximum Gasteiger partial charge on any atom is 0.315 e. The van der Waals surface area contributed by atoms with Gasteiger partial charge in [0.1, 0.15) is 5.75 Å². The molecule has 30 heavy (non-hydrogen) atoms. The average molecular weight is 395 g/mol. The monoisotopic (exact) mass is 395 g/mol.